The second-order valence-electron chi connectivity index (χ2n) is 4.90. The molecule has 1 aromatic carbocycles. The maximum Gasteiger partial charge on any atom is 0.161 e. The molecule has 2 aliphatic heterocycles. The Kier molecular flexibility index (Phi) is 3.84. The lowest BCUT2D eigenvalue weighted by Gasteiger charge is -2.27. The van der Waals surface area contributed by atoms with Gasteiger partial charge in [-0.15, -0.1) is 0 Å². The number of hydrogen-bond acceptors (Lipinski definition) is 3. The van der Waals surface area contributed by atoms with Crippen molar-refractivity contribution in [2.45, 2.75) is 25.2 Å². The van der Waals surface area contributed by atoms with Crippen molar-refractivity contribution in [2.75, 3.05) is 26.3 Å². The first-order chi connectivity index (χ1) is 9.33. The van der Waals surface area contributed by atoms with Crippen LogP contribution in [0, 0.1) is 0 Å². The number of ether oxygens (including phenoxy) is 2. The summed E-state index contributed by atoms with van der Waals surface area (Å²) in [5.41, 5.74) is 1.08. The van der Waals surface area contributed by atoms with Crippen molar-refractivity contribution in [1.82, 2.24) is 10.6 Å². The fraction of sp³-hybridized carbons (Fsp3) is 0.571. The van der Waals surface area contributed by atoms with Gasteiger partial charge in [0.15, 0.2) is 11.5 Å². The fourth-order valence-corrected chi connectivity index (χ4v) is 2.43. The Morgan fingerprint density at radius 1 is 1.26 bits per heavy atom. The van der Waals surface area contributed by atoms with Crippen LogP contribution in [-0.2, 0) is 6.54 Å². The summed E-state index contributed by atoms with van der Waals surface area (Å²) in [6, 6.07) is 5.77. The largest absolute Gasteiger partial charge is 0.486 e. The summed E-state index contributed by atoms with van der Waals surface area (Å²) >= 11 is 0. The lowest BCUT2D eigenvalue weighted by atomic mass is 10.0. The normalized spacial score (nSPS) is 26.2. The summed E-state index contributed by atoms with van der Waals surface area (Å²) in [6.07, 6.45) is -0.0999. The van der Waals surface area contributed by atoms with Gasteiger partial charge in [0, 0.05) is 25.7 Å². The molecule has 1 saturated heterocycles. The summed E-state index contributed by atoms with van der Waals surface area (Å²) in [6.45, 7) is 2.89. The van der Waals surface area contributed by atoms with Crippen LogP contribution in [0.5, 0.6) is 11.5 Å². The molecule has 1 radical (unpaired) electrons. The van der Waals surface area contributed by atoms with Crippen LogP contribution >= 0.6 is 0 Å². The first-order valence-corrected chi connectivity index (χ1v) is 6.72. The van der Waals surface area contributed by atoms with Crippen LogP contribution < -0.4 is 20.1 Å². The van der Waals surface area contributed by atoms with Crippen molar-refractivity contribution in [3.8, 4) is 11.5 Å². The molecule has 103 valence electrons. The zero-order valence-electron chi connectivity index (χ0n) is 10.8. The van der Waals surface area contributed by atoms with Gasteiger partial charge in [0.1, 0.15) is 19.4 Å². The van der Waals surface area contributed by atoms with Gasteiger partial charge in [-0.2, -0.15) is 0 Å². The minimum atomic E-state index is -0.869. The van der Waals surface area contributed by atoms with E-state index in [4.69, 9.17) is 9.47 Å². The van der Waals surface area contributed by atoms with E-state index in [1.807, 2.05) is 18.2 Å². The molecule has 2 unspecified atom stereocenters. The van der Waals surface area contributed by atoms with E-state index in [1.165, 1.54) is 0 Å². The van der Waals surface area contributed by atoms with E-state index in [1.54, 1.807) is 0 Å². The summed E-state index contributed by atoms with van der Waals surface area (Å²) in [5, 5.41) is 7.33. The van der Waals surface area contributed by atoms with Gasteiger partial charge in [0.25, 0.3) is 0 Å². The molecule has 0 aromatic heterocycles. The summed E-state index contributed by atoms with van der Waals surface area (Å²) in [7, 11) is 0. The highest BCUT2D eigenvalue weighted by atomic mass is 19.1. The maximum absolute atomic E-state index is 13.6. The summed E-state index contributed by atoms with van der Waals surface area (Å²) in [5.74, 6) is 1.57. The minimum Gasteiger partial charge on any atom is -0.486 e. The zero-order valence-corrected chi connectivity index (χ0v) is 10.8. The number of hydrogen-bond donors (Lipinski definition) is 1. The predicted molar refractivity (Wildman–Crippen MR) is 69.4 cm³/mol. The molecule has 5 heteroatoms. The molecule has 0 bridgehead atoms. The van der Waals surface area contributed by atoms with Crippen molar-refractivity contribution in [3.05, 3.63) is 23.8 Å². The number of halogens is 1. The molecule has 2 aliphatic rings. The topological polar surface area (TPSA) is 44.6 Å². The van der Waals surface area contributed by atoms with E-state index in [-0.39, 0.29) is 6.04 Å². The molecule has 0 spiro atoms. The molecule has 2 atom stereocenters. The van der Waals surface area contributed by atoms with Crippen molar-refractivity contribution >= 4 is 0 Å². The zero-order chi connectivity index (χ0) is 13.1. The number of benzene rings is 1. The van der Waals surface area contributed by atoms with Crippen molar-refractivity contribution in [2.24, 2.45) is 0 Å². The molecule has 1 fully saturated rings. The van der Waals surface area contributed by atoms with Crippen LogP contribution in [0.4, 0.5) is 4.39 Å². The molecule has 0 amide bonds. The van der Waals surface area contributed by atoms with E-state index in [2.05, 4.69) is 10.6 Å². The van der Waals surface area contributed by atoms with Gasteiger partial charge in [-0.05, 0) is 24.1 Å². The Morgan fingerprint density at radius 3 is 2.95 bits per heavy atom. The van der Waals surface area contributed by atoms with Crippen LogP contribution in [0.1, 0.15) is 12.0 Å². The number of nitrogens with one attached hydrogen (secondary N) is 1. The van der Waals surface area contributed by atoms with Crippen molar-refractivity contribution in [3.63, 3.8) is 0 Å². The molecular formula is C14H18FN2O2. The second-order valence-corrected chi connectivity index (χ2v) is 4.90. The molecule has 0 saturated carbocycles. The van der Waals surface area contributed by atoms with Gasteiger partial charge < -0.3 is 14.8 Å². The third-order valence-corrected chi connectivity index (χ3v) is 3.51. The quantitative estimate of drug-likeness (QED) is 0.895. The Morgan fingerprint density at radius 2 is 2.11 bits per heavy atom. The lowest BCUT2D eigenvalue weighted by Crippen LogP contribution is -2.46. The van der Waals surface area contributed by atoms with Gasteiger partial charge >= 0.3 is 0 Å². The van der Waals surface area contributed by atoms with Crippen LogP contribution in [0.15, 0.2) is 18.2 Å². The monoisotopic (exact) mass is 265 g/mol. The summed E-state index contributed by atoms with van der Waals surface area (Å²) in [4.78, 5) is 0. The molecule has 0 aliphatic carbocycles. The second kappa shape index (κ2) is 5.75. The van der Waals surface area contributed by atoms with Gasteiger partial charge in [-0.1, -0.05) is 6.07 Å². The molecule has 2 heterocycles. The molecule has 1 N–H and O–H groups in total. The third-order valence-electron chi connectivity index (χ3n) is 3.51. The number of nitrogens with zero attached hydrogens (tertiary/aromatic N) is 1. The third kappa shape index (κ3) is 2.98. The number of piperidine rings is 1. The van der Waals surface area contributed by atoms with E-state index >= 15 is 0 Å². The highest BCUT2D eigenvalue weighted by Crippen LogP contribution is 2.30. The predicted octanol–water partition coefficient (Wildman–Crippen LogP) is 1.26. The standard InChI is InChI=1S/C14H18FN2O2/c15-11-9-16-4-3-12(11)17-8-10-1-2-13-14(7-10)19-6-5-18-13/h1-2,7,11-12,17H,3-6,8-9H2. The van der Waals surface area contributed by atoms with Crippen LogP contribution in [0.3, 0.4) is 0 Å². The fourth-order valence-electron chi connectivity index (χ4n) is 2.43. The van der Waals surface area contributed by atoms with E-state index < -0.39 is 6.17 Å². The van der Waals surface area contributed by atoms with E-state index in [9.17, 15) is 4.39 Å². The molecule has 1 aromatic rings. The van der Waals surface area contributed by atoms with Gasteiger partial charge in [-0.25, -0.2) is 9.71 Å². The average Bonchev–Trinajstić information content (AvgIpc) is 2.46. The maximum atomic E-state index is 13.6. The molecular weight excluding hydrogens is 247 g/mol. The van der Waals surface area contributed by atoms with E-state index in [0.717, 1.165) is 30.0 Å². The lowest BCUT2D eigenvalue weighted by molar-refractivity contribution is 0.171. The smallest absolute Gasteiger partial charge is 0.161 e. The first-order valence-electron chi connectivity index (χ1n) is 6.72. The molecule has 4 nitrogen and oxygen atoms in total. The average molecular weight is 265 g/mol. The Labute approximate surface area is 112 Å². The Bertz CT molecular complexity index is 441. The first kappa shape index (κ1) is 12.7. The van der Waals surface area contributed by atoms with Crippen LogP contribution in [0.25, 0.3) is 0 Å². The highest BCUT2D eigenvalue weighted by Gasteiger charge is 2.24. The minimum absolute atomic E-state index is 0.0919. The molecule has 3 rings (SSSR count). The number of rotatable bonds is 3. The van der Waals surface area contributed by atoms with Crippen LogP contribution in [-0.4, -0.2) is 38.5 Å². The van der Waals surface area contributed by atoms with E-state index in [0.29, 0.717) is 26.3 Å². The SMILES string of the molecule is FC1C[N]CCC1NCc1ccc2c(c1)OCCO2. The van der Waals surface area contributed by atoms with Gasteiger partial charge in [0.05, 0.1) is 0 Å². The van der Waals surface area contributed by atoms with Gasteiger partial charge in [-0.3, -0.25) is 0 Å². The number of alkyl halides is 1. The summed E-state index contributed by atoms with van der Waals surface area (Å²) < 4.78 is 24.6. The van der Waals surface area contributed by atoms with Crippen LogP contribution in [0.2, 0.25) is 0 Å². The Balaban J connectivity index is 1.60. The van der Waals surface area contributed by atoms with Crippen molar-refractivity contribution < 1.29 is 13.9 Å². The molecule has 19 heavy (non-hydrogen) atoms. The highest BCUT2D eigenvalue weighted by molar-refractivity contribution is 5.43. The Hall–Kier alpha value is -1.33. The van der Waals surface area contributed by atoms with Gasteiger partial charge in [0.2, 0.25) is 0 Å². The number of fused-ring (bicyclic) bond motifs is 1. The van der Waals surface area contributed by atoms with Crippen molar-refractivity contribution in [1.29, 1.82) is 0 Å².